The second-order valence-corrected chi connectivity index (χ2v) is 8.00. The summed E-state index contributed by atoms with van der Waals surface area (Å²) < 4.78 is 5.35. The van der Waals surface area contributed by atoms with Gasteiger partial charge in [-0.05, 0) is 36.4 Å². The second kappa shape index (κ2) is 7.63. The van der Waals surface area contributed by atoms with Gasteiger partial charge in [0.2, 0.25) is 0 Å². The van der Waals surface area contributed by atoms with Gasteiger partial charge < -0.3 is 19.5 Å². The fourth-order valence-electron chi connectivity index (χ4n) is 3.98. The van der Waals surface area contributed by atoms with E-state index in [2.05, 4.69) is 10.2 Å². The minimum atomic E-state index is -0.391. The number of nitrogens with one attached hydrogen (secondary N) is 1. The van der Waals surface area contributed by atoms with Crippen molar-refractivity contribution in [3.8, 4) is 0 Å². The molecule has 0 saturated carbocycles. The predicted octanol–water partition coefficient (Wildman–Crippen LogP) is 4.32. The molecule has 1 aliphatic carbocycles. The maximum absolute atomic E-state index is 12.7. The number of rotatable bonds is 5. The van der Waals surface area contributed by atoms with Gasteiger partial charge in [-0.1, -0.05) is 17.7 Å². The van der Waals surface area contributed by atoms with E-state index in [9.17, 15) is 14.9 Å². The van der Waals surface area contributed by atoms with Crippen molar-refractivity contribution in [2.45, 2.75) is 6.04 Å². The van der Waals surface area contributed by atoms with Crippen molar-refractivity contribution in [2.24, 2.45) is 0 Å². The normalized spacial score (nSPS) is 17.3. The number of nitro groups is 1. The molecule has 1 unspecified atom stereocenters. The molecule has 2 aliphatic rings. The molecule has 1 aromatic heterocycles. The summed E-state index contributed by atoms with van der Waals surface area (Å²) in [6.07, 6.45) is 1.61. The van der Waals surface area contributed by atoms with Crippen LogP contribution in [0.3, 0.4) is 0 Å². The van der Waals surface area contributed by atoms with Crippen molar-refractivity contribution in [1.82, 2.24) is 4.90 Å². The minimum Gasteiger partial charge on any atom is -0.466 e. The molecule has 3 aromatic rings. The van der Waals surface area contributed by atoms with Crippen LogP contribution >= 0.6 is 11.6 Å². The molecule has 9 heteroatoms. The SMILES string of the molecule is O=C(c1cccc(Cl)c1)N1CCN(c2ccc([N+](=O)[O-])c(NC3c4ccoc43)c2)CC1. The quantitative estimate of drug-likeness (QED) is 0.471. The minimum absolute atomic E-state index is 0.0219. The molecule has 2 aromatic carbocycles. The third kappa shape index (κ3) is 3.70. The Balaban J connectivity index is 1.28. The zero-order valence-electron chi connectivity index (χ0n) is 16.5. The summed E-state index contributed by atoms with van der Waals surface area (Å²) in [7, 11) is 0. The van der Waals surface area contributed by atoms with Gasteiger partial charge in [-0.25, -0.2) is 0 Å². The molecule has 0 radical (unpaired) electrons. The van der Waals surface area contributed by atoms with Gasteiger partial charge in [0.05, 0.1) is 11.2 Å². The Kier molecular flexibility index (Phi) is 4.78. The maximum atomic E-state index is 12.7. The van der Waals surface area contributed by atoms with Crippen LogP contribution in [-0.2, 0) is 0 Å². The zero-order valence-corrected chi connectivity index (χ0v) is 17.2. The van der Waals surface area contributed by atoms with Crippen LogP contribution in [0.2, 0.25) is 5.02 Å². The van der Waals surface area contributed by atoms with E-state index in [0.717, 1.165) is 17.0 Å². The molecule has 5 rings (SSSR count). The number of carbonyl (C=O) groups is 1. The number of carbonyl (C=O) groups excluding carboxylic acids is 1. The Morgan fingerprint density at radius 3 is 2.61 bits per heavy atom. The van der Waals surface area contributed by atoms with Crippen molar-refractivity contribution in [3.63, 3.8) is 0 Å². The highest BCUT2D eigenvalue weighted by Gasteiger charge is 2.38. The summed E-state index contributed by atoms with van der Waals surface area (Å²) in [4.78, 5) is 27.7. The molecule has 1 atom stereocenters. The highest BCUT2D eigenvalue weighted by atomic mass is 35.5. The number of benzene rings is 2. The Morgan fingerprint density at radius 2 is 1.94 bits per heavy atom. The highest BCUT2D eigenvalue weighted by Crippen LogP contribution is 2.46. The van der Waals surface area contributed by atoms with Gasteiger partial charge in [0.25, 0.3) is 11.6 Å². The number of fused-ring (bicyclic) bond motifs is 1. The zero-order chi connectivity index (χ0) is 21.5. The van der Waals surface area contributed by atoms with Gasteiger partial charge in [-0.2, -0.15) is 0 Å². The second-order valence-electron chi connectivity index (χ2n) is 7.57. The number of halogens is 1. The molecular formula is C22H19ClN4O4. The first kappa shape index (κ1) is 19.4. The van der Waals surface area contributed by atoms with Gasteiger partial charge in [0.1, 0.15) is 17.5 Å². The van der Waals surface area contributed by atoms with Crippen LogP contribution in [0, 0.1) is 10.1 Å². The third-order valence-electron chi connectivity index (χ3n) is 5.70. The van der Waals surface area contributed by atoms with E-state index >= 15 is 0 Å². The van der Waals surface area contributed by atoms with E-state index in [4.69, 9.17) is 16.0 Å². The number of hydrogen-bond acceptors (Lipinski definition) is 6. The van der Waals surface area contributed by atoms with Crippen LogP contribution in [0.1, 0.15) is 27.7 Å². The van der Waals surface area contributed by atoms with Crippen molar-refractivity contribution in [3.05, 3.63) is 86.8 Å². The van der Waals surface area contributed by atoms with Crippen molar-refractivity contribution < 1.29 is 14.1 Å². The Labute approximate surface area is 183 Å². The van der Waals surface area contributed by atoms with Gasteiger partial charge in [-0.3, -0.25) is 14.9 Å². The summed E-state index contributed by atoms with van der Waals surface area (Å²) in [6, 6.07) is 13.8. The molecule has 1 aliphatic heterocycles. The number of piperazine rings is 1. The molecule has 1 N–H and O–H groups in total. The van der Waals surface area contributed by atoms with E-state index in [1.165, 1.54) is 6.07 Å². The summed E-state index contributed by atoms with van der Waals surface area (Å²) in [6.45, 7) is 2.38. The number of anilines is 2. The average Bonchev–Trinajstić information content (AvgIpc) is 3.19. The molecule has 31 heavy (non-hydrogen) atoms. The Morgan fingerprint density at radius 1 is 1.13 bits per heavy atom. The summed E-state index contributed by atoms with van der Waals surface area (Å²) >= 11 is 6.00. The monoisotopic (exact) mass is 438 g/mol. The molecule has 158 valence electrons. The van der Waals surface area contributed by atoms with E-state index < -0.39 is 4.92 Å². The number of furan rings is 1. The molecule has 0 bridgehead atoms. The number of nitrogens with zero attached hydrogens (tertiary/aromatic N) is 3. The lowest BCUT2D eigenvalue weighted by molar-refractivity contribution is -0.384. The van der Waals surface area contributed by atoms with Gasteiger partial charge in [-0.15, -0.1) is 0 Å². The lowest BCUT2D eigenvalue weighted by Gasteiger charge is -2.36. The first-order chi connectivity index (χ1) is 15.0. The molecule has 2 heterocycles. The number of nitro benzene ring substituents is 1. The van der Waals surface area contributed by atoms with Gasteiger partial charge in [0, 0.05) is 54.1 Å². The summed E-state index contributed by atoms with van der Waals surface area (Å²) in [5.41, 5.74) is 2.95. The van der Waals surface area contributed by atoms with Crippen LogP contribution in [0.15, 0.2) is 59.2 Å². The fraction of sp³-hybridized carbons (Fsp3) is 0.227. The van der Waals surface area contributed by atoms with Gasteiger partial charge in [0.15, 0.2) is 0 Å². The van der Waals surface area contributed by atoms with Crippen LogP contribution < -0.4 is 10.2 Å². The predicted molar refractivity (Wildman–Crippen MR) is 117 cm³/mol. The molecule has 8 nitrogen and oxygen atoms in total. The number of hydrogen-bond donors (Lipinski definition) is 1. The van der Waals surface area contributed by atoms with Crippen molar-refractivity contribution in [1.29, 1.82) is 0 Å². The maximum Gasteiger partial charge on any atom is 0.292 e. The molecule has 1 fully saturated rings. The Bertz CT molecular complexity index is 1150. The smallest absolute Gasteiger partial charge is 0.292 e. The van der Waals surface area contributed by atoms with Crippen LogP contribution in [0.25, 0.3) is 0 Å². The largest absolute Gasteiger partial charge is 0.466 e. The first-order valence-corrected chi connectivity index (χ1v) is 10.3. The summed E-state index contributed by atoms with van der Waals surface area (Å²) in [5.74, 6) is 0.767. The third-order valence-corrected chi connectivity index (χ3v) is 5.93. The van der Waals surface area contributed by atoms with Crippen LogP contribution in [0.4, 0.5) is 17.1 Å². The number of amides is 1. The fourth-order valence-corrected chi connectivity index (χ4v) is 4.17. The van der Waals surface area contributed by atoms with E-state index in [-0.39, 0.29) is 17.6 Å². The van der Waals surface area contributed by atoms with E-state index in [1.807, 2.05) is 6.07 Å². The molecular weight excluding hydrogens is 420 g/mol. The average molecular weight is 439 g/mol. The van der Waals surface area contributed by atoms with Crippen LogP contribution in [0.5, 0.6) is 0 Å². The summed E-state index contributed by atoms with van der Waals surface area (Å²) in [5, 5.41) is 15.2. The molecule has 0 spiro atoms. The topological polar surface area (TPSA) is 91.9 Å². The standard InChI is InChI=1S/C22H19ClN4O4/c23-15-3-1-2-14(12-15)22(28)26-9-7-25(8-10-26)16-4-5-19(27(29)30)18(13-16)24-20-17-6-11-31-21(17)20/h1-6,11-13,20,24H,7-10H2. The van der Waals surface area contributed by atoms with Crippen molar-refractivity contribution >= 4 is 34.6 Å². The first-order valence-electron chi connectivity index (χ1n) is 9.93. The molecule has 1 saturated heterocycles. The van der Waals surface area contributed by atoms with Gasteiger partial charge >= 0.3 is 0 Å². The van der Waals surface area contributed by atoms with Crippen molar-refractivity contribution in [2.75, 3.05) is 36.4 Å². The Hall–Kier alpha value is -3.52. The highest BCUT2D eigenvalue weighted by molar-refractivity contribution is 6.30. The van der Waals surface area contributed by atoms with Crippen LogP contribution in [-0.4, -0.2) is 41.9 Å². The van der Waals surface area contributed by atoms with E-state index in [1.54, 1.807) is 47.6 Å². The molecule has 1 amide bonds. The lowest BCUT2D eigenvalue weighted by Crippen LogP contribution is -2.48. The lowest BCUT2D eigenvalue weighted by atomic mass is 10.1. The van der Waals surface area contributed by atoms with E-state index in [0.29, 0.717) is 42.5 Å².